The van der Waals surface area contributed by atoms with Crippen LogP contribution in [0, 0.1) is 11.3 Å². The summed E-state index contributed by atoms with van der Waals surface area (Å²) in [5, 5.41) is 12.1. The number of allylic oxidation sites excluding steroid dienone is 1. The summed E-state index contributed by atoms with van der Waals surface area (Å²) in [5.74, 6) is 0.970. The molecule has 1 saturated carbocycles. The van der Waals surface area contributed by atoms with E-state index in [1.165, 1.54) is 31.2 Å². The molecule has 1 saturated heterocycles. The number of rotatable bonds is 11. The van der Waals surface area contributed by atoms with Crippen LogP contribution in [0.3, 0.4) is 0 Å². The Labute approximate surface area is 192 Å². The number of nitrogens with one attached hydrogen (secondary N) is 2. The molecule has 2 aliphatic rings. The van der Waals surface area contributed by atoms with E-state index < -0.39 is 0 Å². The van der Waals surface area contributed by atoms with Gasteiger partial charge in [0.2, 0.25) is 0 Å². The number of fused-ring (bicyclic) bond motifs is 1. The van der Waals surface area contributed by atoms with E-state index in [-0.39, 0.29) is 0 Å². The van der Waals surface area contributed by atoms with Gasteiger partial charge in [-0.3, -0.25) is 4.98 Å². The number of nitrogens with zero attached hydrogens (tertiary/aromatic N) is 3. The fraction of sp³-hybridized carbons (Fsp3) is 0.577. The number of benzene rings is 1. The molecule has 2 heterocycles. The van der Waals surface area contributed by atoms with Crippen LogP contribution in [-0.2, 0) is 0 Å². The Morgan fingerprint density at radius 3 is 2.66 bits per heavy atom. The summed E-state index contributed by atoms with van der Waals surface area (Å²) < 4.78 is 0. The normalized spacial score (nSPS) is 18.2. The first-order chi connectivity index (χ1) is 15.7. The van der Waals surface area contributed by atoms with Crippen LogP contribution in [0.15, 0.2) is 30.6 Å². The topological polar surface area (TPSA) is 90.9 Å². The van der Waals surface area contributed by atoms with Gasteiger partial charge >= 0.3 is 0 Å². The second kappa shape index (κ2) is 11.0. The lowest BCUT2D eigenvalue weighted by Gasteiger charge is -2.29. The Kier molecular flexibility index (Phi) is 7.87. The van der Waals surface area contributed by atoms with Crippen molar-refractivity contribution in [3.8, 4) is 0 Å². The zero-order valence-corrected chi connectivity index (χ0v) is 19.4. The smallest absolute Gasteiger partial charge is 0.0925 e. The van der Waals surface area contributed by atoms with Crippen molar-refractivity contribution in [1.29, 1.82) is 5.41 Å². The van der Waals surface area contributed by atoms with E-state index >= 15 is 0 Å². The highest BCUT2D eigenvalue weighted by molar-refractivity contribution is 6.23. The summed E-state index contributed by atoms with van der Waals surface area (Å²) in [6, 6.07) is 6.56. The van der Waals surface area contributed by atoms with E-state index in [2.05, 4.69) is 35.5 Å². The van der Waals surface area contributed by atoms with Gasteiger partial charge in [-0.1, -0.05) is 18.9 Å². The molecule has 1 aliphatic heterocycles. The first-order valence-corrected chi connectivity index (χ1v) is 12.3. The van der Waals surface area contributed by atoms with Gasteiger partial charge < -0.3 is 21.4 Å². The zero-order valence-electron chi connectivity index (χ0n) is 19.4. The summed E-state index contributed by atoms with van der Waals surface area (Å²) >= 11 is 0. The molecule has 2 aromatic rings. The number of aromatic nitrogens is 2. The molecule has 0 spiro atoms. The third-order valence-electron chi connectivity index (χ3n) is 6.83. The molecule has 4 N–H and O–H groups in total. The first-order valence-electron chi connectivity index (χ1n) is 12.3. The van der Waals surface area contributed by atoms with Crippen molar-refractivity contribution in [2.45, 2.75) is 57.3 Å². The Balaban J connectivity index is 1.50. The van der Waals surface area contributed by atoms with Crippen LogP contribution in [0.5, 0.6) is 0 Å². The molecular weight excluding hydrogens is 396 g/mol. The van der Waals surface area contributed by atoms with Crippen molar-refractivity contribution < 1.29 is 0 Å². The van der Waals surface area contributed by atoms with Gasteiger partial charge in [0.15, 0.2) is 0 Å². The molecule has 6 heteroatoms. The van der Waals surface area contributed by atoms with Crippen molar-refractivity contribution in [2.75, 3.05) is 33.2 Å². The number of unbranched alkanes of at least 4 members (excludes halogenated alkanes) is 3. The van der Waals surface area contributed by atoms with Crippen LogP contribution in [0.2, 0.25) is 0 Å². The Bertz CT molecular complexity index is 940. The van der Waals surface area contributed by atoms with E-state index in [4.69, 9.17) is 21.1 Å². The molecule has 1 aromatic heterocycles. The molecular formula is C26H38N6. The van der Waals surface area contributed by atoms with Crippen LogP contribution >= 0.6 is 0 Å². The minimum absolute atomic E-state index is 0.371. The lowest BCUT2D eigenvalue weighted by Crippen LogP contribution is -2.29. The van der Waals surface area contributed by atoms with Crippen LogP contribution < -0.4 is 11.1 Å². The largest absolute Gasteiger partial charge is 0.390 e. The zero-order chi connectivity index (χ0) is 22.3. The van der Waals surface area contributed by atoms with Crippen molar-refractivity contribution >= 4 is 22.3 Å². The van der Waals surface area contributed by atoms with E-state index in [0.717, 1.165) is 74.2 Å². The molecule has 4 rings (SSSR count). The average molecular weight is 435 g/mol. The van der Waals surface area contributed by atoms with Crippen LogP contribution in [0.4, 0.5) is 0 Å². The van der Waals surface area contributed by atoms with Crippen molar-refractivity contribution in [3.05, 3.63) is 41.9 Å². The number of piperidine rings is 1. The molecule has 0 unspecified atom stereocenters. The Morgan fingerprint density at radius 1 is 1.12 bits per heavy atom. The van der Waals surface area contributed by atoms with Crippen molar-refractivity contribution in [3.63, 3.8) is 0 Å². The maximum absolute atomic E-state index is 8.71. The number of nitrogens with two attached hydrogens (primary N) is 1. The summed E-state index contributed by atoms with van der Waals surface area (Å²) in [7, 11) is 2.20. The second-order valence-corrected chi connectivity index (χ2v) is 9.48. The minimum atomic E-state index is 0.371. The molecule has 1 aromatic carbocycles. The Hall–Kier alpha value is -2.31. The highest BCUT2D eigenvalue weighted by atomic mass is 15.1. The second-order valence-electron chi connectivity index (χ2n) is 9.48. The van der Waals surface area contributed by atoms with Gasteiger partial charge in [-0.25, -0.2) is 4.98 Å². The first kappa shape index (κ1) is 22.9. The number of hydrogen-bond acceptors (Lipinski definition) is 6. The van der Waals surface area contributed by atoms with E-state index in [1.54, 1.807) is 0 Å². The molecule has 0 radical (unpaired) electrons. The van der Waals surface area contributed by atoms with E-state index in [9.17, 15) is 0 Å². The maximum Gasteiger partial charge on any atom is 0.0925 e. The molecule has 172 valence electrons. The molecule has 1 aliphatic carbocycles. The summed E-state index contributed by atoms with van der Waals surface area (Å²) in [4.78, 5) is 12.1. The summed E-state index contributed by atoms with van der Waals surface area (Å²) in [6.45, 7) is 3.99. The summed E-state index contributed by atoms with van der Waals surface area (Å²) in [6.07, 6.45) is 13.0. The standard InChI is InChI=1S/C26H38N6/c1-32-14-10-19(11-15-32)21-8-9-23-24(16-21)31-25(18-30-23)22(26(28)20-6-7-20)17-29-13-5-3-2-4-12-27/h8-9,16-20,28-29H,2-7,10-15,27H2,1H3/b22-17-,28-26?. The fourth-order valence-electron chi connectivity index (χ4n) is 4.53. The third-order valence-corrected chi connectivity index (χ3v) is 6.83. The van der Waals surface area contributed by atoms with Gasteiger partial charge in [0.1, 0.15) is 0 Å². The van der Waals surface area contributed by atoms with Crippen LogP contribution in [0.1, 0.15) is 68.5 Å². The molecule has 6 nitrogen and oxygen atoms in total. The SMILES string of the molecule is CN1CCC(c2ccc3ncc(/C(=C/NCCCCCCN)C(=N)C4CC4)nc3c2)CC1. The minimum Gasteiger partial charge on any atom is -0.390 e. The van der Waals surface area contributed by atoms with Gasteiger partial charge in [-0.15, -0.1) is 0 Å². The van der Waals surface area contributed by atoms with Gasteiger partial charge in [0, 0.05) is 29.9 Å². The Morgan fingerprint density at radius 2 is 1.91 bits per heavy atom. The number of likely N-dealkylation sites (tertiary alicyclic amines) is 1. The number of hydrogen-bond donors (Lipinski definition) is 3. The van der Waals surface area contributed by atoms with Crippen molar-refractivity contribution in [2.24, 2.45) is 11.7 Å². The van der Waals surface area contributed by atoms with Gasteiger partial charge in [-0.05, 0) is 88.8 Å². The average Bonchev–Trinajstić information content (AvgIpc) is 3.66. The van der Waals surface area contributed by atoms with Crippen molar-refractivity contribution in [1.82, 2.24) is 20.2 Å². The predicted molar refractivity (Wildman–Crippen MR) is 133 cm³/mol. The quantitative estimate of drug-likeness (QED) is 0.362. The highest BCUT2D eigenvalue weighted by Crippen LogP contribution is 2.35. The molecule has 32 heavy (non-hydrogen) atoms. The summed E-state index contributed by atoms with van der Waals surface area (Å²) in [5.41, 5.74) is 11.2. The molecule has 0 amide bonds. The van der Waals surface area contributed by atoms with Gasteiger partial charge in [-0.2, -0.15) is 0 Å². The highest BCUT2D eigenvalue weighted by Gasteiger charge is 2.30. The molecule has 0 bridgehead atoms. The lowest BCUT2D eigenvalue weighted by atomic mass is 9.89. The van der Waals surface area contributed by atoms with Crippen LogP contribution in [0.25, 0.3) is 16.6 Å². The van der Waals surface area contributed by atoms with Crippen LogP contribution in [-0.4, -0.2) is 53.8 Å². The fourth-order valence-corrected chi connectivity index (χ4v) is 4.53. The molecule has 2 fully saturated rings. The van der Waals surface area contributed by atoms with E-state index in [0.29, 0.717) is 17.5 Å². The monoisotopic (exact) mass is 434 g/mol. The van der Waals surface area contributed by atoms with E-state index in [1.807, 2.05) is 12.4 Å². The van der Waals surface area contributed by atoms with Gasteiger partial charge in [0.05, 0.1) is 22.9 Å². The molecule has 0 atom stereocenters. The predicted octanol–water partition coefficient (Wildman–Crippen LogP) is 4.32. The third kappa shape index (κ3) is 5.93. The lowest BCUT2D eigenvalue weighted by molar-refractivity contribution is 0.255. The maximum atomic E-state index is 8.71. The van der Waals surface area contributed by atoms with Gasteiger partial charge in [0.25, 0.3) is 0 Å².